The highest BCUT2D eigenvalue weighted by Gasteiger charge is 2.13. The number of nitrogen functional groups attached to an aromatic ring is 1. The van der Waals surface area contributed by atoms with Crippen molar-refractivity contribution < 1.29 is 9.90 Å². The van der Waals surface area contributed by atoms with E-state index in [4.69, 9.17) is 10.8 Å². The fraction of sp³-hybridized carbons (Fsp3) is 0. The molecule has 0 aliphatic rings. The van der Waals surface area contributed by atoms with Crippen LogP contribution < -0.4 is 5.73 Å². The monoisotopic (exact) mass is 228 g/mol. The molecule has 0 fully saturated rings. The first-order valence-corrected chi connectivity index (χ1v) is 4.92. The quantitative estimate of drug-likeness (QED) is 0.651. The normalized spacial score (nSPS) is 11.1. The Kier molecular flexibility index (Phi) is 1.79. The Balaban J connectivity index is 2.53. The Morgan fingerprint density at radius 2 is 2.18 bits per heavy atom. The minimum atomic E-state index is -1.01. The second kappa shape index (κ2) is 3.18. The molecule has 0 radical (unpaired) electrons. The van der Waals surface area contributed by atoms with Crippen molar-refractivity contribution in [1.82, 2.24) is 14.4 Å². The van der Waals surface area contributed by atoms with Gasteiger partial charge in [-0.2, -0.15) is 0 Å². The van der Waals surface area contributed by atoms with Crippen molar-refractivity contribution in [2.75, 3.05) is 5.73 Å². The summed E-state index contributed by atoms with van der Waals surface area (Å²) in [5.41, 5.74) is 6.99. The van der Waals surface area contributed by atoms with Gasteiger partial charge in [-0.1, -0.05) is 0 Å². The molecule has 6 nitrogen and oxygen atoms in total. The lowest BCUT2D eigenvalue weighted by Gasteiger charge is -2.04. The third-order valence-electron chi connectivity index (χ3n) is 2.64. The van der Waals surface area contributed by atoms with E-state index in [-0.39, 0.29) is 5.56 Å². The fourth-order valence-electron chi connectivity index (χ4n) is 1.89. The molecule has 0 aliphatic heterocycles. The third kappa shape index (κ3) is 1.24. The summed E-state index contributed by atoms with van der Waals surface area (Å²) in [6, 6.07) is 3.27. The molecule has 3 aromatic rings. The zero-order chi connectivity index (χ0) is 12.0. The highest BCUT2D eigenvalue weighted by Crippen LogP contribution is 2.21. The van der Waals surface area contributed by atoms with Crippen molar-refractivity contribution in [3.63, 3.8) is 0 Å². The van der Waals surface area contributed by atoms with Gasteiger partial charge in [0.05, 0.1) is 5.52 Å². The molecule has 0 aliphatic carbocycles. The average molecular weight is 228 g/mol. The molecule has 0 spiro atoms. The number of nitrogens with zero attached hydrogens (tertiary/aromatic N) is 3. The van der Waals surface area contributed by atoms with E-state index in [1.807, 2.05) is 0 Å². The number of anilines is 1. The largest absolute Gasteiger partial charge is 0.478 e. The number of pyridine rings is 1. The lowest BCUT2D eigenvalue weighted by atomic mass is 10.3. The minimum absolute atomic E-state index is 0.148. The van der Waals surface area contributed by atoms with Crippen molar-refractivity contribution in [3.8, 4) is 0 Å². The Labute approximate surface area is 95.3 Å². The third-order valence-corrected chi connectivity index (χ3v) is 2.64. The van der Waals surface area contributed by atoms with Crippen LogP contribution in [0.5, 0.6) is 0 Å². The zero-order valence-corrected chi connectivity index (χ0v) is 8.66. The van der Waals surface area contributed by atoms with Gasteiger partial charge in [0.25, 0.3) is 0 Å². The molecule has 17 heavy (non-hydrogen) atoms. The van der Waals surface area contributed by atoms with Gasteiger partial charge in [0.2, 0.25) is 0 Å². The van der Waals surface area contributed by atoms with Crippen LogP contribution in [0.4, 0.5) is 5.82 Å². The molecule has 3 heterocycles. The van der Waals surface area contributed by atoms with Gasteiger partial charge in [-0.3, -0.25) is 4.40 Å². The topological polar surface area (TPSA) is 93.5 Å². The number of aromatic carboxylic acids is 1. The summed E-state index contributed by atoms with van der Waals surface area (Å²) in [6.07, 6.45) is 4.81. The first-order chi connectivity index (χ1) is 8.18. The standard InChI is InChI=1S/C11H8N4O2/c12-9-8-6(1-3-13-9)5-14-10-7(11(16)17)2-4-15(8)10/h1-5H,(H2,12,13)(H,16,17). The van der Waals surface area contributed by atoms with Gasteiger partial charge in [0.15, 0.2) is 5.65 Å². The number of hydrogen-bond donors (Lipinski definition) is 2. The molecule has 3 rings (SSSR count). The number of carboxylic acid groups (broad SMARTS) is 1. The number of hydrogen-bond acceptors (Lipinski definition) is 4. The van der Waals surface area contributed by atoms with Crippen LogP contribution in [0.15, 0.2) is 30.7 Å². The van der Waals surface area contributed by atoms with E-state index >= 15 is 0 Å². The summed E-state index contributed by atoms with van der Waals surface area (Å²) in [6.45, 7) is 0. The van der Waals surface area contributed by atoms with Crippen LogP contribution in [0.3, 0.4) is 0 Å². The first-order valence-electron chi connectivity index (χ1n) is 4.92. The Morgan fingerprint density at radius 3 is 2.94 bits per heavy atom. The van der Waals surface area contributed by atoms with Crippen molar-refractivity contribution in [1.29, 1.82) is 0 Å². The lowest BCUT2D eigenvalue weighted by molar-refractivity contribution is 0.0699. The molecule has 0 amide bonds. The molecule has 84 valence electrons. The number of fused-ring (bicyclic) bond motifs is 3. The zero-order valence-electron chi connectivity index (χ0n) is 8.66. The van der Waals surface area contributed by atoms with E-state index in [1.165, 1.54) is 6.07 Å². The SMILES string of the molecule is Nc1nccc2cnc3c(C(=O)O)ccn3c12. The predicted octanol–water partition coefficient (Wildman–Crippen LogP) is 1.16. The second-order valence-corrected chi connectivity index (χ2v) is 3.62. The van der Waals surface area contributed by atoms with E-state index in [2.05, 4.69) is 9.97 Å². The molecule has 0 unspecified atom stereocenters. The molecule has 0 atom stereocenters. The van der Waals surface area contributed by atoms with Crippen molar-refractivity contribution in [3.05, 3.63) is 36.3 Å². The van der Waals surface area contributed by atoms with Crippen molar-refractivity contribution in [2.24, 2.45) is 0 Å². The maximum atomic E-state index is 11.0. The molecule has 0 saturated heterocycles. The molecule has 3 N–H and O–H groups in total. The highest BCUT2D eigenvalue weighted by atomic mass is 16.4. The summed E-state index contributed by atoms with van der Waals surface area (Å²) in [4.78, 5) is 19.1. The molecule has 0 bridgehead atoms. The highest BCUT2D eigenvalue weighted by molar-refractivity contribution is 5.97. The van der Waals surface area contributed by atoms with Gasteiger partial charge in [0, 0.05) is 24.0 Å². The summed E-state index contributed by atoms with van der Waals surface area (Å²) in [5, 5.41) is 9.83. The lowest BCUT2D eigenvalue weighted by Crippen LogP contribution is -2.00. The van der Waals surface area contributed by atoms with Crippen LogP contribution in [0.1, 0.15) is 10.4 Å². The smallest absolute Gasteiger partial charge is 0.339 e. The fourth-order valence-corrected chi connectivity index (χ4v) is 1.89. The molecular weight excluding hydrogens is 220 g/mol. The van der Waals surface area contributed by atoms with E-state index in [1.54, 1.807) is 29.1 Å². The molecule has 6 heteroatoms. The van der Waals surface area contributed by atoms with Gasteiger partial charge >= 0.3 is 5.97 Å². The van der Waals surface area contributed by atoms with Gasteiger partial charge < -0.3 is 10.8 Å². The van der Waals surface area contributed by atoms with E-state index in [9.17, 15) is 4.79 Å². The van der Waals surface area contributed by atoms with Crippen molar-refractivity contribution in [2.45, 2.75) is 0 Å². The van der Waals surface area contributed by atoms with Gasteiger partial charge in [-0.05, 0) is 12.1 Å². The number of nitrogens with two attached hydrogens (primary N) is 1. The van der Waals surface area contributed by atoms with Gasteiger partial charge in [-0.25, -0.2) is 14.8 Å². The Morgan fingerprint density at radius 1 is 1.35 bits per heavy atom. The first kappa shape index (κ1) is 9.59. The maximum Gasteiger partial charge on any atom is 0.339 e. The number of carbonyl (C=O) groups is 1. The van der Waals surface area contributed by atoms with Crippen LogP contribution in [0, 0.1) is 0 Å². The van der Waals surface area contributed by atoms with Gasteiger partial charge in [-0.15, -0.1) is 0 Å². The molecule has 0 saturated carbocycles. The minimum Gasteiger partial charge on any atom is -0.478 e. The number of rotatable bonds is 1. The maximum absolute atomic E-state index is 11.0. The van der Waals surface area contributed by atoms with Crippen LogP contribution in [-0.2, 0) is 0 Å². The summed E-state index contributed by atoms with van der Waals surface area (Å²) in [7, 11) is 0. The van der Waals surface area contributed by atoms with Crippen LogP contribution in [0.2, 0.25) is 0 Å². The summed E-state index contributed by atoms with van der Waals surface area (Å²) < 4.78 is 1.64. The number of carboxylic acids is 1. The molecule has 3 aromatic heterocycles. The van der Waals surface area contributed by atoms with Crippen LogP contribution >= 0.6 is 0 Å². The number of aromatic nitrogens is 3. The van der Waals surface area contributed by atoms with Crippen LogP contribution in [-0.4, -0.2) is 25.4 Å². The van der Waals surface area contributed by atoms with Crippen LogP contribution in [0.25, 0.3) is 16.6 Å². The molecular formula is C11H8N4O2. The second-order valence-electron chi connectivity index (χ2n) is 3.62. The van der Waals surface area contributed by atoms with Gasteiger partial charge in [0.1, 0.15) is 11.4 Å². The van der Waals surface area contributed by atoms with E-state index in [0.29, 0.717) is 17.0 Å². The Bertz CT molecular complexity index is 748. The summed E-state index contributed by atoms with van der Waals surface area (Å²) >= 11 is 0. The summed E-state index contributed by atoms with van der Waals surface area (Å²) in [5.74, 6) is -0.663. The molecule has 0 aromatic carbocycles. The van der Waals surface area contributed by atoms with E-state index < -0.39 is 5.97 Å². The Hall–Kier alpha value is -2.63. The van der Waals surface area contributed by atoms with Crippen molar-refractivity contribution >= 4 is 28.3 Å². The predicted molar refractivity (Wildman–Crippen MR) is 61.9 cm³/mol. The average Bonchev–Trinajstić information content (AvgIpc) is 2.72. The van der Waals surface area contributed by atoms with E-state index in [0.717, 1.165) is 5.39 Å².